The number of nitrogens with zero attached hydrogens (tertiary/aromatic N) is 2. The summed E-state index contributed by atoms with van der Waals surface area (Å²) >= 11 is 0.959. The predicted octanol–water partition coefficient (Wildman–Crippen LogP) is 3.66. The molecule has 7 N–H and O–H groups in total. The molecule has 0 bridgehead atoms. The number of benzene rings is 2. The van der Waals surface area contributed by atoms with Gasteiger partial charge in [0.1, 0.15) is 23.3 Å². The van der Waals surface area contributed by atoms with Crippen molar-refractivity contribution in [1.82, 2.24) is 19.7 Å². The zero-order chi connectivity index (χ0) is 27.7. The second-order valence-corrected chi connectivity index (χ2v) is 9.59. The van der Waals surface area contributed by atoms with Gasteiger partial charge in [-0.15, -0.1) is 16.4 Å². The van der Waals surface area contributed by atoms with Crippen LogP contribution in [0.4, 0.5) is 15.9 Å². The molecule has 3 aromatic heterocycles. The van der Waals surface area contributed by atoms with Gasteiger partial charge in [0.2, 0.25) is 0 Å². The number of carboxylic acid groups (broad SMARTS) is 1. The number of thiophene rings is 1. The van der Waals surface area contributed by atoms with Crippen molar-refractivity contribution in [2.45, 2.75) is 19.4 Å². The van der Waals surface area contributed by atoms with Crippen molar-refractivity contribution in [2.24, 2.45) is 0 Å². The molecule has 0 fully saturated rings. The largest absolute Gasteiger partial charge is 0.488 e. The number of aromatic amines is 2. The Labute approximate surface area is 224 Å². The summed E-state index contributed by atoms with van der Waals surface area (Å²) in [6.07, 6.45) is 2.30. The molecule has 0 aliphatic heterocycles. The molecule has 1 atom stereocenters. The number of aliphatic hydroxyl groups is 1. The van der Waals surface area contributed by atoms with Crippen molar-refractivity contribution in [2.75, 3.05) is 24.3 Å². The van der Waals surface area contributed by atoms with Crippen LogP contribution >= 0.6 is 11.3 Å². The maximum Gasteiger partial charge on any atom is 0.348 e. The third-order valence-electron chi connectivity index (χ3n) is 6.21. The number of carboxylic acids is 1. The molecule has 0 aliphatic rings. The highest BCUT2D eigenvalue weighted by molar-refractivity contribution is 7.12. The maximum absolute atomic E-state index is 15.9. The van der Waals surface area contributed by atoms with Crippen molar-refractivity contribution < 1.29 is 24.1 Å². The van der Waals surface area contributed by atoms with Crippen molar-refractivity contribution >= 4 is 39.6 Å². The highest BCUT2D eigenvalue weighted by Gasteiger charge is 2.27. The number of fused-ring (bicyclic) bond motifs is 1. The molecule has 5 rings (SSSR count). The van der Waals surface area contributed by atoms with Crippen LogP contribution in [0.5, 0.6) is 5.75 Å². The van der Waals surface area contributed by atoms with Crippen LogP contribution in [0.1, 0.15) is 39.6 Å². The average Bonchev–Trinajstić information content (AvgIpc) is 3.65. The van der Waals surface area contributed by atoms with Crippen molar-refractivity contribution in [3.63, 3.8) is 0 Å². The Morgan fingerprint density at radius 2 is 2.13 bits per heavy atom. The lowest BCUT2D eigenvalue weighted by Crippen LogP contribution is -2.18. The number of rotatable bonds is 10. The number of nitrogens with two attached hydrogens (primary N) is 1. The first kappa shape index (κ1) is 26.0. The Kier molecular flexibility index (Phi) is 7.09. The van der Waals surface area contributed by atoms with Crippen LogP contribution in [0.3, 0.4) is 0 Å². The summed E-state index contributed by atoms with van der Waals surface area (Å²) < 4.78 is 22.3. The fourth-order valence-electron chi connectivity index (χ4n) is 4.33. The molecule has 3 heterocycles. The van der Waals surface area contributed by atoms with E-state index in [0.29, 0.717) is 17.9 Å². The second kappa shape index (κ2) is 10.6. The monoisotopic (exact) mass is 552 g/mol. The number of hydrogen-bond donors (Lipinski definition) is 6. The number of halogens is 1. The van der Waals surface area contributed by atoms with Gasteiger partial charge >= 0.3 is 11.7 Å². The van der Waals surface area contributed by atoms with Crippen LogP contribution < -0.4 is 21.5 Å². The molecule has 5 aromatic rings. The van der Waals surface area contributed by atoms with Crippen LogP contribution in [0.15, 0.2) is 52.8 Å². The number of aryl methyl sites for hydroxylation is 1. The molecular formula is C26H25FN6O5S. The van der Waals surface area contributed by atoms with Crippen LogP contribution in [0.25, 0.3) is 16.5 Å². The van der Waals surface area contributed by atoms with Crippen molar-refractivity contribution in [1.29, 1.82) is 0 Å². The summed E-state index contributed by atoms with van der Waals surface area (Å²) in [6, 6.07) is 9.06. The first-order valence-electron chi connectivity index (χ1n) is 12.0. The molecule has 39 heavy (non-hydrogen) atoms. The predicted molar refractivity (Wildman–Crippen MR) is 146 cm³/mol. The van der Waals surface area contributed by atoms with Crippen LogP contribution in [0, 0.1) is 5.82 Å². The molecular weight excluding hydrogens is 527 g/mol. The minimum absolute atomic E-state index is 0.0492. The minimum atomic E-state index is -1.20. The second-order valence-electron chi connectivity index (χ2n) is 8.67. The fourth-order valence-corrected chi connectivity index (χ4v) is 5.04. The Hall–Kier alpha value is -4.62. The number of nitrogen functional groups attached to an aromatic ring is 1. The van der Waals surface area contributed by atoms with Gasteiger partial charge < -0.3 is 31.0 Å². The number of ether oxygens (including phenoxy) is 1. The number of aromatic nitrogens is 4. The summed E-state index contributed by atoms with van der Waals surface area (Å²) in [5, 5.41) is 29.5. The SMILES string of the molecule is CCc1cc(OCCO)c(F)c(C(Nc2ccc3c(N)[nH]cc3c2)c2nn(-c3ccsc3C(=O)O)c(=O)[nH]2)c1. The standard InChI is InChI=1S/C26H25FN6O5S/c1-2-13-9-17(20(27)19(10-13)38-7-6-34)21(30-15-3-4-16-14(11-15)12-29-23(16)28)24-31-26(37)33(32-24)18-5-8-39-22(18)25(35)36/h3-5,8-12,21,29-30,34H,2,6-7,28H2,1H3,(H,35,36)(H,31,32,37). The third-order valence-corrected chi connectivity index (χ3v) is 7.10. The molecule has 13 heteroatoms. The molecule has 0 saturated carbocycles. The quantitative estimate of drug-likeness (QED) is 0.152. The molecule has 0 radical (unpaired) electrons. The number of nitrogens with one attached hydrogen (secondary N) is 3. The van der Waals surface area contributed by atoms with Crippen LogP contribution in [0.2, 0.25) is 0 Å². The Morgan fingerprint density at radius 3 is 2.87 bits per heavy atom. The van der Waals surface area contributed by atoms with Gasteiger partial charge in [-0.25, -0.2) is 14.0 Å². The number of aromatic carboxylic acids is 1. The molecule has 0 saturated heterocycles. The van der Waals surface area contributed by atoms with Gasteiger partial charge in [-0.1, -0.05) is 13.0 Å². The van der Waals surface area contributed by atoms with Gasteiger partial charge in [-0.05, 0) is 47.7 Å². The lowest BCUT2D eigenvalue weighted by atomic mass is 10.00. The van der Waals surface area contributed by atoms with E-state index in [2.05, 4.69) is 20.4 Å². The summed E-state index contributed by atoms with van der Waals surface area (Å²) in [5.74, 6) is -1.38. The highest BCUT2D eigenvalue weighted by atomic mass is 32.1. The number of anilines is 2. The van der Waals surface area contributed by atoms with Gasteiger partial charge in [0, 0.05) is 28.2 Å². The van der Waals surface area contributed by atoms with E-state index in [1.807, 2.05) is 13.0 Å². The number of carbonyl (C=O) groups is 1. The molecule has 0 aliphatic carbocycles. The summed E-state index contributed by atoms with van der Waals surface area (Å²) in [7, 11) is 0. The first-order valence-corrected chi connectivity index (χ1v) is 12.9. The normalized spacial score (nSPS) is 12.1. The average molecular weight is 553 g/mol. The number of hydrogen-bond acceptors (Lipinski definition) is 8. The molecule has 0 amide bonds. The van der Waals surface area contributed by atoms with Gasteiger partial charge in [0.05, 0.1) is 12.3 Å². The van der Waals surface area contributed by atoms with Gasteiger partial charge in [-0.3, -0.25) is 4.98 Å². The zero-order valence-electron chi connectivity index (χ0n) is 20.7. The van der Waals surface area contributed by atoms with E-state index < -0.39 is 23.5 Å². The van der Waals surface area contributed by atoms with Crippen LogP contribution in [-0.2, 0) is 6.42 Å². The first-order chi connectivity index (χ1) is 18.8. The van der Waals surface area contributed by atoms with Gasteiger partial charge in [0.15, 0.2) is 17.4 Å². The summed E-state index contributed by atoms with van der Waals surface area (Å²) in [4.78, 5) is 30.2. The van der Waals surface area contributed by atoms with E-state index in [1.165, 1.54) is 6.07 Å². The zero-order valence-corrected chi connectivity index (χ0v) is 21.5. The fraction of sp³-hybridized carbons (Fsp3) is 0.192. The smallest absolute Gasteiger partial charge is 0.348 e. The van der Waals surface area contributed by atoms with Gasteiger partial charge in [-0.2, -0.15) is 4.68 Å². The van der Waals surface area contributed by atoms with E-state index in [1.54, 1.807) is 35.8 Å². The van der Waals surface area contributed by atoms with Gasteiger partial charge in [0.25, 0.3) is 0 Å². The summed E-state index contributed by atoms with van der Waals surface area (Å²) in [6.45, 7) is 1.51. The molecule has 11 nitrogen and oxygen atoms in total. The third kappa shape index (κ3) is 4.96. The molecule has 1 unspecified atom stereocenters. The van der Waals surface area contributed by atoms with E-state index in [9.17, 15) is 19.8 Å². The number of aliphatic hydroxyl groups excluding tert-OH is 1. The lowest BCUT2D eigenvalue weighted by Gasteiger charge is -2.21. The molecule has 202 valence electrons. The minimum Gasteiger partial charge on any atom is -0.488 e. The van der Waals surface area contributed by atoms with E-state index in [-0.39, 0.29) is 40.9 Å². The lowest BCUT2D eigenvalue weighted by molar-refractivity contribution is 0.0702. The van der Waals surface area contributed by atoms with Crippen molar-refractivity contribution in [3.05, 3.63) is 86.1 Å². The number of H-pyrrole nitrogens is 2. The van der Waals surface area contributed by atoms with Crippen molar-refractivity contribution in [3.8, 4) is 11.4 Å². The topological polar surface area (TPSA) is 171 Å². The summed E-state index contributed by atoms with van der Waals surface area (Å²) in [5.41, 5.74) is 6.86. The molecule has 2 aromatic carbocycles. The molecule has 0 spiro atoms. The Balaban J connectivity index is 1.66. The van der Waals surface area contributed by atoms with Crippen LogP contribution in [-0.4, -0.2) is 49.1 Å². The van der Waals surface area contributed by atoms with E-state index in [4.69, 9.17) is 10.5 Å². The maximum atomic E-state index is 15.9. The Morgan fingerprint density at radius 1 is 1.31 bits per heavy atom. The Bertz CT molecular complexity index is 1720. The highest BCUT2D eigenvalue weighted by Crippen LogP contribution is 2.34. The van der Waals surface area contributed by atoms with E-state index >= 15 is 4.39 Å². The van der Waals surface area contributed by atoms with E-state index in [0.717, 1.165) is 32.4 Å².